The maximum absolute atomic E-state index is 11.3. The molecule has 1 heterocycles. The molecule has 0 spiro atoms. The second kappa shape index (κ2) is 4.44. The molecule has 1 fully saturated rings. The van der Waals surface area contributed by atoms with Crippen molar-refractivity contribution >= 4 is 17.6 Å². The summed E-state index contributed by atoms with van der Waals surface area (Å²) in [6.45, 7) is 1.64. The van der Waals surface area contributed by atoms with E-state index in [1.165, 1.54) is 0 Å². The Balaban J connectivity index is 2.27. The molecule has 2 rings (SSSR count). The highest BCUT2D eigenvalue weighted by molar-refractivity contribution is 6.31. The fraction of sp³-hybridized carbons (Fsp3) is 0.417. The molecule has 0 amide bonds. The Kier molecular flexibility index (Phi) is 3.17. The molecule has 1 aliphatic rings. The topological polar surface area (TPSA) is 40.5 Å². The van der Waals surface area contributed by atoms with E-state index in [2.05, 4.69) is 4.90 Å². The van der Waals surface area contributed by atoms with Crippen LogP contribution in [-0.4, -0.2) is 36.1 Å². The molecule has 0 aliphatic carbocycles. The van der Waals surface area contributed by atoms with Gasteiger partial charge in [-0.05, 0) is 18.7 Å². The zero-order valence-corrected chi connectivity index (χ0v) is 9.81. The highest BCUT2D eigenvalue weighted by atomic mass is 35.5. The predicted octanol–water partition coefficient (Wildman–Crippen LogP) is 2.07. The van der Waals surface area contributed by atoms with E-state index >= 15 is 0 Å². The Hall–Kier alpha value is -1.06. The van der Waals surface area contributed by atoms with E-state index in [9.17, 15) is 9.90 Å². The molecule has 0 saturated carbocycles. The molecular formula is C12H14ClNO2. The van der Waals surface area contributed by atoms with E-state index in [0.717, 1.165) is 18.7 Å². The average molecular weight is 240 g/mol. The van der Waals surface area contributed by atoms with Gasteiger partial charge in [-0.2, -0.15) is 0 Å². The van der Waals surface area contributed by atoms with Gasteiger partial charge < -0.3 is 10.0 Å². The van der Waals surface area contributed by atoms with Crippen LogP contribution in [0, 0.1) is 5.92 Å². The molecule has 0 radical (unpaired) electrons. The van der Waals surface area contributed by atoms with Gasteiger partial charge in [0.1, 0.15) is 0 Å². The van der Waals surface area contributed by atoms with Gasteiger partial charge >= 0.3 is 5.97 Å². The predicted molar refractivity (Wildman–Crippen MR) is 62.8 cm³/mol. The van der Waals surface area contributed by atoms with Gasteiger partial charge in [0, 0.05) is 24.0 Å². The molecular weight excluding hydrogens is 226 g/mol. The van der Waals surface area contributed by atoms with Crippen LogP contribution in [0.1, 0.15) is 11.5 Å². The molecule has 1 unspecified atom stereocenters. The molecule has 4 heteroatoms. The molecule has 1 atom stereocenters. The lowest BCUT2D eigenvalue weighted by Crippen LogP contribution is -2.48. The number of rotatable bonds is 3. The van der Waals surface area contributed by atoms with Crippen molar-refractivity contribution < 1.29 is 9.90 Å². The van der Waals surface area contributed by atoms with Gasteiger partial charge in [-0.3, -0.25) is 4.79 Å². The number of carbonyl (C=O) groups is 1. The summed E-state index contributed by atoms with van der Waals surface area (Å²) in [6, 6.07) is 7.20. The first-order chi connectivity index (χ1) is 7.59. The normalized spacial score (nSPS) is 19.1. The van der Waals surface area contributed by atoms with E-state index in [1.807, 2.05) is 19.2 Å². The summed E-state index contributed by atoms with van der Waals surface area (Å²) in [4.78, 5) is 13.4. The minimum atomic E-state index is -0.786. The summed E-state index contributed by atoms with van der Waals surface area (Å²) >= 11 is 6.05. The number of likely N-dealkylation sites (tertiary alicyclic amines) is 1. The van der Waals surface area contributed by atoms with Crippen molar-refractivity contribution in [1.29, 1.82) is 0 Å². The van der Waals surface area contributed by atoms with Gasteiger partial charge in [-0.25, -0.2) is 0 Å². The van der Waals surface area contributed by atoms with Gasteiger partial charge in [0.05, 0.1) is 5.92 Å². The monoisotopic (exact) mass is 239 g/mol. The first kappa shape index (κ1) is 11.4. The maximum atomic E-state index is 11.3. The van der Waals surface area contributed by atoms with E-state index in [4.69, 9.17) is 11.6 Å². The van der Waals surface area contributed by atoms with Gasteiger partial charge in [-0.15, -0.1) is 0 Å². The first-order valence-corrected chi connectivity index (χ1v) is 5.63. The largest absolute Gasteiger partial charge is 0.481 e. The maximum Gasteiger partial charge on any atom is 0.311 e. The van der Waals surface area contributed by atoms with Crippen molar-refractivity contribution in [2.75, 3.05) is 20.1 Å². The number of hydrogen-bond donors (Lipinski definition) is 1. The molecule has 86 valence electrons. The second-order valence-electron chi connectivity index (χ2n) is 4.32. The Morgan fingerprint density at radius 2 is 2.12 bits per heavy atom. The van der Waals surface area contributed by atoms with Crippen molar-refractivity contribution in [3.05, 3.63) is 34.9 Å². The van der Waals surface area contributed by atoms with Gasteiger partial charge in [-0.1, -0.05) is 29.8 Å². The van der Waals surface area contributed by atoms with Crippen LogP contribution in [-0.2, 0) is 4.79 Å². The summed E-state index contributed by atoms with van der Waals surface area (Å²) < 4.78 is 0. The fourth-order valence-corrected chi connectivity index (χ4v) is 2.53. The third kappa shape index (κ3) is 2.06. The van der Waals surface area contributed by atoms with E-state index < -0.39 is 11.9 Å². The molecule has 0 aromatic heterocycles. The van der Waals surface area contributed by atoms with Crippen molar-refractivity contribution in [2.45, 2.75) is 5.92 Å². The summed E-state index contributed by atoms with van der Waals surface area (Å²) in [7, 11) is 1.99. The zero-order valence-electron chi connectivity index (χ0n) is 9.06. The Morgan fingerprint density at radius 3 is 2.62 bits per heavy atom. The zero-order chi connectivity index (χ0) is 11.7. The Labute approximate surface area is 99.6 Å². The lowest BCUT2D eigenvalue weighted by atomic mass is 9.81. The Morgan fingerprint density at radius 1 is 1.50 bits per heavy atom. The number of benzene rings is 1. The summed E-state index contributed by atoms with van der Waals surface area (Å²) in [6.07, 6.45) is 0. The Bertz CT molecular complexity index is 402. The minimum absolute atomic E-state index is 0.169. The molecule has 1 aliphatic heterocycles. The van der Waals surface area contributed by atoms with E-state index in [0.29, 0.717) is 5.02 Å². The van der Waals surface area contributed by atoms with Crippen molar-refractivity contribution in [1.82, 2.24) is 4.90 Å². The van der Waals surface area contributed by atoms with Crippen LogP contribution in [0.25, 0.3) is 0 Å². The third-order valence-electron chi connectivity index (χ3n) is 3.07. The molecule has 1 aromatic rings. The summed E-state index contributed by atoms with van der Waals surface area (Å²) in [5.74, 6) is -1.10. The van der Waals surface area contributed by atoms with Crippen LogP contribution in [0.15, 0.2) is 24.3 Å². The molecule has 1 aromatic carbocycles. The van der Waals surface area contributed by atoms with Crippen molar-refractivity contribution in [2.24, 2.45) is 5.92 Å². The summed E-state index contributed by atoms with van der Waals surface area (Å²) in [5, 5.41) is 9.84. The third-order valence-corrected chi connectivity index (χ3v) is 3.41. The number of halogens is 1. The molecule has 3 nitrogen and oxygen atoms in total. The second-order valence-corrected chi connectivity index (χ2v) is 4.73. The molecule has 16 heavy (non-hydrogen) atoms. The van der Waals surface area contributed by atoms with Crippen LogP contribution >= 0.6 is 11.6 Å². The van der Waals surface area contributed by atoms with Crippen molar-refractivity contribution in [3.8, 4) is 0 Å². The van der Waals surface area contributed by atoms with E-state index in [-0.39, 0.29) is 5.92 Å². The highest BCUT2D eigenvalue weighted by Crippen LogP contribution is 2.34. The first-order valence-electron chi connectivity index (χ1n) is 5.25. The quantitative estimate of drug-likeness (QED) is 0.878. The smallest absolute Gasteiger partial charge is 0.311 e. The van der Waals surface area contributed by atoms with Crippen LogP contribution in [0.2, 0.25) is 5.02 Å². The molecule has 0 bridgehead atoms. The van der Waals surface area contributed by atoms with Crippen LogP contribution in [0.4, 0.5) is 0 Å². The SMILES string of the molecule is CN1CC(C(C(=O)O)c2ccccc2Cl)C1. The average Bonchev–Trinajstić information content (AvgIpc) is 2.18. The van der Waals surface area contributed by atoms with Gasteiger partial charge in [0.2, 0.25) is 0 Å². The lowest BCUT2D eigenvalue weighted by Gasteiger charge is -2.39. The van der Waals surface area contributed by atoms with E-state index in [1.54, 1.807) is 12.1 Å². The number of nitrogens with zero attached hydrogens (tertiary/aromatic N) is 1. The number of carboxylic acids is 1. The highest BCUT2D eigenvalue weighted by Gasteiger charge is 2.37. The van der Waals surface area contributed by atoms with Crippen LogP contribution in [0.3, 0.4) is 0 Å². The van der Waals surface area contributed by atoms with Crippen molar-refractivity contribution in [3.63, 3.8) is 0 Å². The lowest BCUT2D eigenvalue weighted by molar-refractivity contribution is -0.141. The van der Waals surface area contributed by atoms with Crippen LogP contribution < -0.4 is 0 Å². The number of aliphatic carboxylic acids is 1. The van der Waals surface area contributed by atoms with Crippen LogP contribution in [0.5, 0.6) is 0 Å². The minimum Gasteiger partial charge on any atom is -0.481 e. The fourth-order valence-electron chi connectivity index (χ4n) is 2.27. The number of carboxylic acid groups (broad SMARTS) is 1. The summed E-state index contributed by atoms with van der Waals surface area (Å²) in [5.41, 5.74) is 0.731. The molecule has 1 N–H and O–H groups in total. The van der Waals surface area contributed by atoms with Gasteiger partial charge in [0.25, 0.3) is 0 Å². The number of hydrogen-bond acceptors (Lipinski definition) is 2. The molecule has 1 saturated heterocycles. The standard InChI is InChI=1S/C12H14ClNO2/c1-14-6-8(7-14)11(12(15)16)9-4-2-3-5-10(9)13/h2-5,8,11H,6-7H2,1H3,(H,15,16). The van der Waals surface area contributed by atoms with Gasteiger partial charge in [0.15, 0.2) is 0 Å².